The average Bonchev–Trinajstić information content (AvgIpc) is 3.10. The van der Waals surface area contributed by atoms with Gasteiger partial charge in [-0.15, -0.1) is 24.0 Å². The van der Waals surface area contributed by atoms with E-state index >= 15 is 0 Å². The van der Waals surface area contributed by atoms with Crippen LogP contribution < -0.4 is 10.6 Å². The highest BCUT2D eigenvalue weighted by atomic mass is 127. The van der Waals surface area contributed by atoms with E-state index < -0.39 is 0 Å². The molecule has 1 aliphatic rings. The first-order chi connectivity index (χ1) is 13.8. The number of guanidine groups is 1. The predicted octanol–water partition coefficient (Wildman–Crippen LogP) is 3.61. The summed E-state index contributed by atoms with van der Waals surface area (Å²) in [5.41, 5.74) is 2.06. The lowest BCUT2D eigenvalue weighted by Gasteiger charge is -2.22. The summed E-state index contributed by atoms with van der Waals surface area (Å²) in [5, 5.41) is 7.55. The molecule has 0 unspecified atom stereocenters. The van der Waals surface area contributed by atoms with Crippen LogP contribution in [0.3, 0.4) is 0 Å². The lowest BCUT2D eigenvalue weighted by atomic mass is 10.1. The van der Waals surface area contributed by atoms with Crippen molar-refractivity contribution in [2.75, 3.05) is 39.5 Å². The Hall–Kier alpha value is -1.39. The largest absolute Gasteiger partial charge is 0.381 e. The highest BCUT2D eigenvalue weighted by Gasteiger charge is 2.13. The van der Waals surface area contributed by atoms with Crippen LogP contribution in [0.25, 0.3) is 10.9 Å². The fourth-order valence-corrected chi connectivity index (χ4v) is 3.36. The molecule has 1 aromatic carbocycles. The van der Waals surface area contributed by atoms with E-state index in [1.807, 2.05) is 13.1 Å². The first kappa shape index (κ1) is 23.9. The van der Waals surface area contributed by atoms with Gasteiger partial charge in [0, 0.05) is 56.6 Å². The van der Waals surface area contributed by atoms with Gasteiger partial charge in [-0.05, 0) is 56.4 Å². The fraction of sp³-hybridized carbons (Fsp3) is 0.571. The third-order valence-corrected chi connectivity index (χ3v) is 4.85. The maximum Gasteiger partial charge on any atom is 0.191 e. The molecule has 29 heavy (non-hydrogen) atoms. The van der Waals surface area contributed by atoms with Crippen molar-refractivity contribution in [3.63, 3.8) is 0 Å². The smallest absolute Gasteiger partial charge is 0.191 e. The third kappa shape index (κ3) is 7.75. The quantitative estimate of drug-likeness (QED) is 0.205. The molecule has 1 aromatic heterocycles. The van der Waals surface area contributed by atoms with E-state index in [1.165, 1.54) is 6.07 Å². The van der Waals surface area contributed by atoms with E-state index in [2.05, 4.69) is 20.6 Å². The number of benzene rings is 1. The number of aromatic amines is 1. The molecule has 6 nitrogen and oxygen atoms in total. The molecule has 3 rings (SSSR count). The van der Waals surface area contributed by atoms with Crippen molar-refractivity contribution in [3.8, 4) is 0 Å². The van der Waals surface area contributed by atoms with E-state index in [4.69, 9.17) is 9.47 Å². The maximum absolute atomic E-state index is 13.5. The van der Waals surface area contributed by atoms with Gasteiger partial charge in [0.15, 0.2) is 5.96 Å². The predicted molar refractivity (Wildman–Crippen MR) is 126 cm³/mol. The van der Waals surface area contributed by atoms with E-state index in [1.54, 1.807) is 12.1 Å². The van der Waals surface area contributed by atoms with Crippen LogP contribution in [0, 0.1) is 5.82 Å². The zero-order valence-corrected chi connectivity index (χ0v) is 19.3. The van der Waals surface area contributed by atoms with Crippen molar-refractivity contribution in [1.29, 1.82) is 0 Å². The Balaban J connectivity index is 0.00000300. The number of hydrogen-bond acceptors (Lipinski definition) is 3. The first-order valence-electron chi connectivity index (χ1n) is 10.2. The molecule has 8 heteroatoms. The lowest BCUT2D eigenvalue weighted by molar-refractivity contribution is -0.0318. The number of nitrogens with zero attached hydrogens (tertiary/aromatic N) is 1. The summed E-state index contributed by atoms with van der Waals surface area (Å²) in [6.07, 6.45) is 5.96. The SMILES string of the molecule is CCNC(=NCCCOC1CCOCC1)NCCc1c[nH]c2ccc(F)cc12.I. The number of halogens is 2. The highest BCUT2D eigenvalue weighted by molar-refractivity contribution is 14.0. The molecule has 0 spiro atoms. The van der Waals surface area contributed by atoms with Crippen molar-refractivity contribution in [2.45, 2.75) is 38.7 Å². The number of nitrogens with one attached hydrogen (secondary N) is 3. The lowest BCUT2D eigenvalue weighted by Crippen LogP contribution is -2.38. The van der Waals surface area contributed by atoms with Gasteiger partial charge in [0.05, 0.1) is 6.10 Å². The Kier molecular flexibility index (Phi) is 10.7. The Morgan fingerprint density at radius 3 is 2.93 bits per heavy atom. The minimum atomic E-state index is -0.209. The average molecular weight is 518 g/mol. The molecule has 0 amide bonds. The van der Waals surface area contributed by atoms with Crippen molar-refractivity contribution in [3.05, 3.63) is 35.8 Å². The van der Waals surface area contributed by atoms with Crippen molar-refractivity contribution >= 4 is 40.8 Å². The van der Waals surface area contributed by atoms with Gasteiger partial charge in [-0.2, -0.15) is 0 Å². The molecule has 1 aliphatic heterocycles. The minimum Gasteiger partial charge on any atom is -0.381 e. The van der Waals surface area contributed by atoms with Crippen LogP contribution in [0.5, 0.6) is 0 Å². The summed E-state index contributed by atoms with van der Waals surface area (Å²) < 4.78 is 24.7. The van der Waals surface area contributed by atoms with Crippen LogP contribution in [-0.4, -0.2) is 56.5 Å². The second-order valence-corrected chi connectivity index (χ2v) is 6.98. The van der Waals surface area contributed by atoms with Gasteiger partial charge in [-0.25, -0.2) is 4.39 Å². The second-order valence-electron chi connectivity index (χ2n) is 6.98. The number of aliphatic imine (C=N–C) groups is 1. The van der Waals surface area contributed by atoms with Gasteiger partial charge in [0.1, 0.15) is 5.82 Å². The summed E-state index contributed by atoms with van der Waals surface area (Å²) in [6, 6.07) is 4.83. The van der Waals surface area contributed by atoms with E-state index in [0.717, 1.165) is 87.6 Å². The number of hydrogen-bond donors (Lipinski definition) is 3. The molecular weight excluding hydrogens is 486 g/mol. The zero-order valence-electron chi connectivity index (χ0n) is 17.0. The van der Waals surface area contributed by atoms with Gasteiger partial charge >= 0.3 is 0 Å². The maximum atomic E-state index is 13.5. The molecule has 1 saturated heterocycles. The van der Waals surface area contributed by atoms with Crippen LogP contribution in [0.1, 0.15) is 31.7 Å². The van der Waals surface area contributed by atoms with Crippen molar-refractivity contribution in [1.82, 2.24) is 15.6 Å². The van der Waals surface area contributed by atoms with Crippen LogP contribution in [-0.2, 0) is 15.9 Å². The van der Waals surface area contributed by atoms with Gasteiger partial charge in [0.2, 0.25) is 0 Å². The molecule has 2 heterocycles. The van der Waals surface area contributed by atoms with Gasteiger partial charge < -0.3 is 25.1 Å². The number of ether oxygens (including phenoxy) is 2. The fourth-order valence-electron chi connectivity index (χ4n) is 3.36. The third-order valence-electron chi connectivity index (χ3n) is 4.85. The standard InChI is InChI=1S/C21H31FN4O2.HI/c1-2-23-21(24-9-3-11-28-18-7-12-27-13-8-18)25-10-6-16-15-26-20-5-4-17(22)14-19(16)20;/h4-5,14-15,18,26H,2-3,6-13H2,1H3,(H2,23,24,25);1H. The summed E-state index contributed by atoms with van der Waals surface area (Å²) >= 11 is 0. The molecule has 0 radical (unpaired) electrons. The molecule has 0 saturated carbocycles. The Bertz CT molecular complexity index is 762. The summed E-state index contributed by atoms with van der Waals surface area (Å²) in [4.78, 5) is 7.81. The molecule has 3 N–H and O–H groups in total. The van der Waals surface area contributed by atoms with Gasteiger partial charge in [-0.1, -0.05) is 0 Å². The molecule has 0 aliphatic carbocycles. The van der Waals surface area contributed by atoms with Crippen LogP contribution in [0.15, 0.2) is 29.4 Å². The van der Waals surface area contributed by atoms with Crippen molar-refractivity contribution in [2.24, 2.45) is 4.99 Å². The van der Waals surface area contributed by atoms with Crippen LogP contribution in [0.2, 0.25) is 0 Å². The monoisotopic (exact) mass is 518 g/mol. The topological polar surface area (TPSA) is 70.7 Å². The Labute approximate surface area is 189 Å². The normalized spacial score (nSPS) is 15.3. The highest BCUT2D eigenvalue weighted by Crippen LogP contribution is 2.19. The summed E-state index contributed by atoms with van der Waals surface area (Å²) in [7, 11) is 0. The van der Waals surface area contributed by atoms with Crippen molar-refractivity contribution < 1.29 is 13.9 Å². The first-order valence-corrected chi connectivity index (χ1v) is 10.2. The number of H-pyrrole nitrogens is 1. The minimum absolute atomic E-state index is 0. The molecule has 0 bridgehead atoms. The Morgan fingerprint density at radius 2 is 2.14 bits per heavy atom. The summed E-state index contributed by atoms with van der Waals surface area (Å²) in [5.74, 6) is 0.596. The van der Waals surface area contributed by atoms with Crippen LogP contribution >= 0.6 is 24.0 Å². The Morgan fingerprint density at radius 1 is 1.31 bits per heavy atom. The number of rotatable bonds is 9. The van der Waals surface area contributed by atoms with Gasteiger partial charge in [-0.3, -0.25) is 4.99 Å². The summed E-state index contributed by atoms with van der Waals surface area (Å²) in [6.45, 7) is 6.65. The second kappa shape index (κ2) is 13.0. The molecular formula is C21H32FIN4O2. The van der Waals surface area contributed by atoms with E-state index in [0.29, 0.717) is 6.10 Å². The van der Waals surface area contributed by atoms with E-state index in [-0.39, 0.29) is 29.8 Å². The molecule has 162 valence electrons. The number of aromatic nitrogens is 1. The van der Waals surface area contributed by atoms with Crippen LogP contribution in [0.4, 0.5) is 4.39 Å². The van der Waals surface area contributed by atoms with E-state index in [9.17, 15) is 4.39 Å². The molecule has 0 atom stereocenters. The van der Waals surface area contributed by atoms with Gasteiger partial charge in [0.25, 0.3) is 0 Å². The number of fused-ring (bicyclic) bond motifs is 1. The molecule has 2 aromatic rings. The zero-order chi connectivity index (χ0) is 19.6. The molecule has 1 fully saturated rings.